The molecule has 2 aliphatic rings. The van der Waals surface area contributed by atoms with Crippen molar-refractivity contribution in [1.29, 1.82) is 0 Å². The number of carbonyl (C=O) groups is 2. The third kappa shape index (κ3) is 4.13. The summed E-state index contributed by atoms with van der Waals surface area (Å²) in [6, 6.07) is 8.98. The third-order valence-corrected chi connectivity index (χ3v) is 6.37. The summed E-state index contributed by atoms with van der Waals surface area (Å²) in [5.74, 6) is 1.51. The van der Waals surface area contributed by atoms with E-state index in [4.69, 9.17) is 4.42 Å². The second-order valence-electron chi connectivity index (χ2n) is 8.25. The van der Waals surface area contributed by atoms with Gasteiger partial charge in [-0.15, -0.1) is 0 Å². The van der Waals surface area contributed by atoms with E-state index in [1.807, 2.05) is 19.1 Å². The van der Waals surface area contributed by atoms with Crippen LogP contribution in [-0.2, 0) is 0 Å². The number of hydrogen-bond acceptors (Lipinski definition) is 3. The van der Waals surface area contributed by atoms with E-state index in [0.717, 1.165) is 30.2 Å². The van der Waals surface area contributed by atoms with Gasteiger partial charge in [0.25, 0.3) is 11.8 Å². The van der Waals surface area contributed by atoms with Gasteiger partial charge in [0.15, 0.2) is 5.76 Å². The van der Waals surface area contributed by atoms with Crippen molar-refractivity contribution in [2.45, 2.75) is 57.9 Å². The number of furan rings is 1. The minimum atomic E-state index is -0.318. The summed E-state index contributed by atoms with van der Waals surface area (Å²) in [6.07, 6.45) is 10.2. The SMILES string of the molecule is Cc1ccc(C(=O)N[C@@H]2CC[C@H]3CCCC[C@@H]3C2)cc1NC(=O)c1ccco1. The molecule has 2 N–H and O–H groups in total. The van der Waals surface area contributed by atoms with Crippen LogP contribution in [0.3, 0.4) is 0 Å². The Morgan fingerprint density at radius 3 is 2.61 bits per heavy atom. The van der Waals surface area contributed by atoms with Crippen LogP contribution in [0.25, 0.3) is 0 Å². The van der Waals surface area contributed by atoms with Crippen molar-refractivity contribution < 1.29 is 14.0 Å². The molecular weight excluding hydrogens is 352 g/mol. The molecule has 1 aromatic carbocycles. The molecule has 0 aliphatic heterocycles. The van der Waals surface area contributed by atoms with Crippen LogP contribution in [-0.4, -0.2) is 17.9 Å². The van der Waals surface area contributed by atoms with Crippen molar-refractivity contribution >= 4 is 17.5 Å². The van der Waals surface area contributed by atoms with E-state index in [-0.39, 0.29) is 23.6 Å². The molecule has 2 amide bonds. The van der Waals surface area contributed by atoms with Crippen molar-refractivity contribution in [3.8, 4) is 0 Å². The highest BCUT2D eigenvalue weighted by atomic mass is 16.3. The second kappa shape index (κ2) is 8.21. The Bertz CT molecular complexity index is 844. The zero-order valence-electron chi connectivity index (χ0n) is 16.4. The Morgan fingerprint density at radius 1 is 1.00 bits per heavy atom. The van der Waals surface area contributed by atoms with Gasteiger partial charge < -0.3 is 15.1 Å². The maximum atomic E-state index is 12.8. The third-order valence-electron chi connectivity index (χ3n) is 6.37. The number of hydrogen-bond donors (Lipinski definition) is 2. The molecule has 0 unspecified atom stereocenters. The van der Waals surface area contributed by atoms with E-state index in [2.05, 4.69) is 10.6 Å². The van der Waals surface area contributed by atoms with Crippen LogP contribution in [0.15, 0.2) is 41.0 Å². The summed E-state index contributed by atoms with van der Waals surface area (Å²) in [7, 11) is 0. The average Bonchev–Trinajstić information content (AvgIpc) is 3.24. The molecule has 0 bridgehead atoms. The van der Waals surface area contributed by atoms with Crippen molar-refractivity contribution in [3.63, 3.8) is 0 Å². The fourth-order valence-corrected chi connectivity index (χ4v) is 4.76. The normalized spacial score (nSPS) is 24.2. The van der Waals surface area contributed by atoms with E-state index in [0.29, 0.717) is 11.3 Å². The fraction of sp³-hybridized carbons (Fsp3) is 0.478. The monoisotopic (exact) mass is 380 g/mol. The van der Waals surface area contributed by atoms with Gasteiger partial charge in [-0.1, -0.05) is 31.7 Å². The first-order chi connectivity index (χ1) is 13.6. The lowest BCUT2D eigenvalue weighted by atomic mass is 9.69. The first-order valence-corrected chi connectivity index (χ1v) is 10.4. The van der Waals surface area contributed by atoms with E-state index >= 15 is 0 Å². The highest BCUT2D eigenvalue weighted by Gasteiger charge is 2.32. The lowest BCUT2D eigenvalue weighted by Crippen LogP contribution is -2.41. The molecule has 4 rings (SSSR count). The molecule has 1 aromatic heterocycles. The fourth-order valence-electron chi connectivity index (χ4n) is 4.76. The highest BCUT2D eigenvalue weighted by molar-refractivity contribution is 6.03. The van der Waals surface area contributed by atoms with Crippen LogP contribution in [0.5, 0.6) is 0 Å². The molecular formula is C23H28N2O3. The summed E-state index contributed by atoms with van der Waals surface area (Å²) in [5.41, 5.74) is 2.11. The molecule has 2 saturated carbocycles. The van der Waals surface area contributed by atoms with Gasteiger partial charge in [0.1, 0.15) is 0 Å². The van der Waals surface area contributed by atoms with Gasteiger partial charge in [-0.05, 0) is 67.9 Å². The van der Waals surface area contributed by atoms with Gasteiger partial charge in [-0.2, -0.15) is 0 Å². The Labute approximate surface area is 165 Å². The molecule has 5 heteroatoms. The lowest BCUT2D eigenvalue weighted by Gasteiger charge is -2.39. The Hall–Kier alpha value is -2.56. The van der Waals surface area contributed by atoms with Crippen molar-refractivity contribution in [1.82, 2.24) is 5.32 Å². The van der Waals surface area contributed by atoms with E-state index < -0.39 is 0 Å². The summed E-state index contributed by atoms with van der Waals surface area (Å²) < 4.78 is 5.14. The topological polar surface area (TPSA) is 71.3 Å². The molecule has 148 valence electrons. The molecule has 3 atom stereocenters. The maximum absolute atomic E-state index is 12.8. The largest absolute Gasteiger partial charge is 0.459 e. The molecule has 5 nitrogen and oxygen atoms in total. The summed E-state index contributed by atoms with van der Waals surface area (Å²) >= 11 is 0. The molecule has 2 aromatic rings. The predicted octanol–water partition coefficient (Wildman–Crippen LogP) is 4.93. The van der Waals surface area contributed by atoms with Gasteiger partial charge in [-0.3, -0.25) is 9.59 Å². The Kier molecular flexibility index (Phi) is 5.51. The number of rotatable bonds is 4. The number of amides is 2. The minimum absolute atomic E-state index is 0.0623. The van der Waals surface area contributed by atoms with Gasteiger partial charge in [0.05, 0.1) is 6.26 Å². The molecule has 2 aliphatic carbocycles. The number of anilines is 1. The smallest absolute Gasteiger partial charge is 0.291 e. The van der Waals surface area contributed by atoms with Crippen molar-refractivity contribution in [2.75, 3.05) is 5.32 Å². The molecule has 0 radical (unpaired) electrons. The minimum Gasteiger partial charge on any atom is -0.459 e. The van der Waals surface area contributed by atoms with Crippen LogP contribution in [0.2, 0.25) is 0 Å². The molecule has 0 spiro atoms. The van der Waals surface area contributed by atoms with E-state index in [1.54, 1.807) is 18.2 Å². The first kappa shape index (κ1) is 18.8. The molecule has 1 heterocycles. The van der Waals surface area contributed by atoms with Crippen LogP contribution >= 0.6 is 0 Å². The number of benzene rings is 1. The van der Waals surface area contributed by atoms with Crippen LogP contribution in [0.1, 0.15) is 71.4 Å². The van der Waals surface area contributed by atoms with Gasteiger partial charge in [0, 0.05) is 17.3 Å². The van der Waals surface area contributed by atoms with Crippen LogP contribution in [0, 0.1) is 18.8 Å². The number of fused-ring (bicyclic) bond motifs is 1. The zero-order chi connectivity index (χ0) is 19.5. The van der Waals surface area contributed by atoms with Crippen molar-refractivity contribution in [3.05, 3.63) is 53.5 Å². The van der Waals surface area contributed by atoms with Gasteiger partial charge in [0.2, 0.25) is 0 Å². The van der Waals surface area contributed by atoms with Crippen LogP contribution < -0.4 is 10.6 Å². The molecule has 2 fully saturated rings. The quantitative estimate of drug-likeness (QED) is 0.790. The van der Waals surface area contributed by atoms with Gasteiger partial charge >= 0.3 is 0 Å². The maximum Gasteiger partial charge on any atom is 0.291 e. The Morgan fingerprint density at radius 2 is 1.82 bits per heavy atom. The average molecular weight is 380 g/mol. The summed E-state index contributed by atoms with van der Waals surface area (Å²) in [6.45, 7) is 1.91. The lowest BCUT2D eigenvalue weighted by molar-refractivity contribution is 0.0878. The zero-order valence-corrected chi connectivity index (χ0v) is 16.4. The second-order valence-corrected chi connectivity index (χ2v) is 8.25. The standard InChI is InChI=1S/C23H28N2O3/c1-15-8-9-18(14-20(15)25-23(27)21-7-4-12-28-21)22(26)24-19-11-10-16-5-2-3-6-17(16)13-19/h4,7-9,12,14,16-17,19H,2-3,5-6,10-11,13H2,1H3,(H,24,26)(H,25,27)/t16-,17-,19-/m1/s1. The van der Waals surface area contributed by atoms with Crippen molar-refractivity contribution in [2.24, 2.45) is 11.8 Å². The summed E-state index contributed by atoms with van der Waals surface area (Å²) in [5, 5.41) is 6.06. The highest BCUT2D eigenvalue weighted by Crippen LogP contribution is 2.40. The number of aryl methyl sites for hydroxylation is 1. The number of nitrogens with one attached hydrogen (secondary N) is 2. The first-order valence-electron chi connectivity index (χ1n) is 10.4. The predicted molar refractivity (Wildman–Crippen MR) is 108 cm³/mol. The molecule has 28 heavy (non-hydrogen) atoms. The van der Waals surface area contributed by atoms with Crippen LogP contribution in [0.4, 0.5) is 5.69 Å². The van der Waals surface area contributed by atoms with E-state index in [1.165, 1.54) is 38.4 Å². The molecule has 0 saturated heterocycles. The van der Waals surface area contributed by atoms with E-state index in [9.17, 15) is 9.59 Å². The summed E-state index contributed by atoms with van der Waals surface area (Å²) in [4.78, 5) is 25.1. The van der Waals surface area contributed by atoms with Gasteiger partial charge in [-0.25, -0.2) is 0 Å². The Balaban J connectivity index is 1.41. The number of carbonyl (C=O) groups excluding carboxylic acids is 2.